The molecular weight excluding hydrogens is 314 g/mol. The summed E-state index contributed by atoms with van der Waals surface area (Å²) in [6.45, 7) is 12.0. The second-order valence-corrected chi connectivity index (χ2v) is 8.39. The van der Waals surface area contributed by atoms with Crippen molar-refractivity contribution < 1.29 is 0 Å². The van der Waals surface area contributed by atoms with Gasteiger partial charge < -0.3 is 4.90 Å². The first kappa shape index (κ1) is 22.8. The zero-order chi connectivity index (χ0) is 19.1. The van der Waals surface area contributed by atoms with E-state index >= 15 is 0 Å². The maximum atomic E-state index is 4.05. The molecule has 0 heterocycles. The van der Waals surface area contributed by atoms with Crippen molar-refractivity contribution >= 4 is 0 Å². The monoisotopic (exact) mass is 357 g/mol. The second kappa shape index (κ2) is 13.9. The Labute approximate surface area is 163 Å². The predicted molar refractivity (Wildman–Crippen MR) is 117 cm³/mol. The van der Waals surface area contributed by atoms with Crippen LogP contribution in [0.15, 0.2) is 43.1 Å². The van der Waals surface area contributed by atoms with Crippen LogP contribution in [0.2, 0.25) is 0 Å². The van der Waals surface area contributed by atoms with E-state index in [4.69, 9.17) is 0 Å². The molecule has 1 aromatic carbocycles. The largest absolute Gasteiger partial charge is 0.369 e. The maximum Gasteiger partial charge on any atom is 0.0429 e. The molecule has 0 atom stereocenters. The van der Waals surface area contributed by atoms with Crippen LogP contribution in [0.4, 0.5) is 0 Å². The van der Waals surface area contributed by atoms with E-state index in [1.54, 1.807) is 0 Å². The fourth-order valence-electron chi connectivity index (χ4n) is 3.67. The van der Waals surface area contributed by atoms with E-state index in [1.807, 2.05) is 6.20 Å². The molecule has 1 nitrogen and oxygen atoms in total. The quantitative estimate of drug-likeness (QED) is 0.270. The van der Waals surface area contributed by atoms with Crippen LogP contribution in [0.3, 0.4) is 0 Å². The van der Waals surface area contributed by atoms with E-state index in [0.29, 0.717) is 0 Å². The van der Waals surface area contributed by atoms with E-state index in [9.17, 15) is 0 Å². The Morgan fingerprint density at radius 1 is 0.808 bits per heavy atom. The van der Waals surface area contributed by atoms with E-state index in [1.165, 1.54) is 82.6 Å². The van der Waals surface area contributed by atoms with Crippen molar-refractivity contribution in [3.8, 4) is 0 Å². The van der Waals surface area contributed by atoms with E-state index < -0.39 is 0 Å². The molecule has 1 aromatic rings. The number of unbranched alkanes of at least 4 members (excludes halogenated alkanes) is 10. The van der Waals surface area contributed by atoms with Gasteiger partial charge in [-0.15, -0.1) is 0 Å². The van der Waals surface area contributed by atoms with Gasteiger partial charge in [0.2, 0.25) is 0 Å². The third-order valence-corrected chi connectivity index (χ3v) is 5.59. The third kappa shape index (κ3) is 10.0. The standard InChI is InChI=1S/C25H43N/c1-5-7-8-9-10-11-12-13-14-15-19-22-25(3,4)26(6-2)23-24-20-17-16-18-21-24/h6,16-18,20-21H,2,5,7-15,19,22-23H2,1,3-4H3. The average Bonchev–Trinajstić information content (AvgIpc) is 2.64. The van der Waals surface area contributed by atoms with Crippen molar-refractivity contribution in [1.29, 1.82) is 0 Å². The van der Waals surface area contributed by atoms with Gasteiger partial charge in [-0.3, -0.25) is 0 Å². The van der Waals surface area contributed by atoms with Crippen molar-refractivity contribution in [3.63, 3.8) is 0 Å². The van der Waals surface area contributed by atoms with Crippen LogP contribution in [-0.2, 0) is 6.54 Å². The molecule has 0 aliphatic heterocycles. The summed E-state index contributed by atoms with van der Waals surface area (Å²) in [6, 6.07) is 10.7. The summed E-state index contributed by atoms with van der Waals surface area (Å²) in [6.07, 6.45) is 18.7. The summed E-state index contributed by atoms with van der Waals surface area (Å²) < 4.78 is 0. The highest BCUT2D eigenvalue weighted by molar-refractivity contribution is 5.15. The summed E-state index contributed by atoms with van der Waals surface area (Å²) in [7, 11) is 0. The summed E-state index contributed by atoms with van der Waals surface area (Å²) >= 11 is 0. The summed E-state index contributed by atoms with van der Waals surface area (Å²) in [5, 5.41) is 0. The van der Waals surface area contributed by atoms with Crippen LogP contribution in [0.25, 0.3) is 0 Å². The van der Waals surface area contributed by atoms with Crippen molar-refractivity contribution in [2.75, 3.05) is 0 Å². The number of nitrogens with zero attached hydrogens (tertiary/aromatic N) is 1. The van der Waals surface area contributed by atoms with Crippen LogP contribution in [-0.4, -0.2) is 10.4 Å². The van der Waals surface area contributed by atoms with Crippen molar-refractivity contribution in [3.05, 3.63) is 48.7 Å². The van der Waals surface area contributed by atoms with Gasteiger partial charge in [0, 0.05) is 12.1 Å². The zero-order valence-corrected chi connectivity index (χ0v) is 17.8. The van der Waals surface area contributed by atoms with Crippen molar-refractivity contribution in [2.24, 2.45) is 0 Å². The summed E-state index contributed by atoms with van der Waals surface area (Å²) in [4.78, 5) is 2.40. The molecule has 0 saturated carbocycles. The molecule has 0 aliphatic carbocycles. The van der Waals surface area contributed by atoms with Gasteiger partial charge in [-0.05, 0) is 32.0 Å². The Kier molecular flexibility index (Phi) is 12.2. The molecule has 0 amide bonds. The minimum atomic E-state index is 0.177. The Morgan fingerprint density at radius 3 is 1.81 bits per heavy atom. The van der Waals surface area contributed by atoms with Gasteiger partial charge in [-0.2, -0.15) is 0 Å². The molecule has 0 saturated heterocycles. The molecule has 1 heteroatoms. The van der Waals surface area contributed by atoms with Gasteiger partial charge in [-0.25, -0.2) is 0 Å². The predicted octanol–water partition coefficient (Wildman–Crippen LogP) is 8.11. The lowest BCUT2D eigenvalue weighted by molar-refractivity contribution is 0.160. The van der Waals surface area contributed by atoms with E-state index in [-0.39, 0.29) is 5.54 Å². The number of benzene rings is 1. The van der Waals surface area contributed by atoms with Crippen LogP contribution < -0.4 is 0 Å². The van der Waals surface area contributed by atoms with Crippen LogP contribution in [0.5, 0.6) is 0 Å². The minimum absolute atomic E-state index is 0.177. The number of rotatable bonds is 16. The molecule has 0 aromatic heterocycles. The van der Waals surface area contributed by atoms with Crippen molar-refractivity contribution in [1.82, 2.24) is 4.90 Å². The smallest absolute Gasteiger partial charge is 0.0429 e. The fraction of sp³-hybridized carbons (Fsp3) is 0.680. The molecule has 0 spiro atoms. The molecular formula is C25H43N. The fourth-order valence-corrected chi connectivity index (χ4v) is 3.67. The molecule has 0 aliphatic rings. The second-order valence-electron chi connectivity index (χ2n) is 8.39. The normalized spacial score (nSPS) is 11.5. The zero-order valence-electron chi connectivity index (χ0n) is 17.8. The first-order valence-electron chi connectivity index (χ1n) is 11.0. The first-order chi connectivity index (χ1) is 12.6. The summed E-state index contributed by atoms with van der Waals surface area (Å²) in [5.41, 5.74) is 1.54. The van der Waals surface area contributed by atoms with Gasteiger partial charge in [0.15, 0.2) is 0 Å². The van der Waals surface area contributed by atoms with Gasteiger partial charge in [-0.1, -0.05) is 114 Å². The lowest BCUT2D eigenvalue weighted by Crippen LogP contribution is -2.39. The van der Waals surface area contributed by atoms with Gasteiger partial charge >= 0.3 is 0 Å². The topological polar surface area (TPSA) is 3.24 Å². The van der Waals surface area contributed by atoms with Gasteiger partial charge in [0.1, 0.15) is 0 Å². The van der Waals surface area contributed by atoms with E-state index in [2.05, 4.69) is 62.6 Å². The molecule has 0 bridgehead atoms. The third-order valence-electron chi connectivity index (χ3n) is 5.59. The molecule has 0 N–H and O–H groups in total. The van der Waals surface area contributed by atoms with Gasteiger partial charge in [0.05, 0.1) is 0 Å². The highest BCUT2D eigenvalue weighted by Crippen LogP contribution is 2.25. The molecule has 0 fully saturated rings. The lowest BCUT2D eigenvalue weighted by atomic mass is 9.93. The summed E-state index contributed by atoms with van der Waals surface area (Å²) in [5.74, 6) is 0. The molecule has 148 valence electrons. The number of hydrogen-bond acceptors (Lipinski definition) is 1. The Bertz CT molecular complexity index is 448. The minimum Gasteiger partial charge on any atom is -0.369 e. The Morgan fingerprint density at radius 2 is 1.31 bits per heavy atom. The lowest BCUT2D eigenvalue weighted by Gasteiger charge is -2.38. The molecule has 1 rings (SSSR count). The van der Waals surface area contributed by atoms with E-state index in [0.717, 1.165) is 6.54 Å². The highest BCUT2D eigenvalue weighted by atomic mass is 15.2. The van der Waals surface area contributed by atoms with Crippen LogP contribution in [0.1, 0.15) is 103 Å². The van der Waals surface area contributed by atoms with Crippen molar-refractivity contribution in [2.45, 2.75) is 110 Å². The maximum absolute atomic E-state index is 4.05. The van der Waals surface area contributed by atoms with Crippen LogP contribution in [0, 0.1) is 0 Å². The Hall–Kier alpha value is -1.24. The molecule has 0 unspecified atom stereocenters. The molecule has 26 heavy (non-hydrogen) atoms. The molecule has 0 radical (unpaired) electrons. The van der Waals surface area contributed by atoms with Gasteiger partial charge in [0.25, 0.3) is 0 Å². The Balaban J connectivity index is 2.13. The highest BCUT2D eigenvalue weighted by Gasteiger charge is 2.23. The first-order valence-corrected chi connectivity index (χ1v) is 11.0. The number of hydrogen-bond donors (Lipinski definition) is 0. The van der Waals surface area contributed by atoms with Crippen LogP contribution >= 0.6 is 0 Å². The SMILES string of the molecule is C=CN(Cc1ccccc1)C(C)(C)CCCCCCCCCCCCC. The average molecular weight is 358 g/mol.